The first-order valence-corrected chi connectivity index (χ1v) is 6.16. The number of aromatic nitrogens is 2. The minimum absolute atomic E-state index is 0.117. The third-order valence-corrected chi connectivity index (χ3v) is 3.90. The summed E-state index contributed by atoms with van der Waals surface area (Å²) in [6.07, 6.45) is -2.34. The summed E-state index contributed by atoms with van der Waals surface area (Å²) in [5.41, 5.74) is 7.37. The zero-order valence-corrected chi connectivity index (χ0v) is 10.6. The van der Waals surface area contributed by atoms with Gasteiger partial charge in [0.15, 0.2) is 0 Å². The molecule has 1 aliphatic rings. The van der Waals surface area contributed by atoms with Crippen LogP contribution in [0.4, 0.5) is 19.0 Å². The summed E-state index contributed by atoms with van der Waals surface area (Å²) in [5.74, 6) is -0.771. The van der Waals surface area contributed by atoms with Crippen LogP contribution in [-0.2, 0) is 7.05 Å². The second-order valence-electron chi connectivity index (χ2n) is 5.12. The van der Waals surface area contributed by atoms with E-state index >= 15 is 0 Å². The molecule has 2 rings (SSSR count). The van der Waals surface area contributed by atoms with E-state index in [1.54, 1.807) is 11.7 Å². The molecule has 1 saturated carbocycles. The van der Waals surface area contributed by atoms with E-state index in [2.05, 4.69) is 5.10 Å². The van der Waals surface area contributed by atoms with Crippen LogP contribution < -0.4 is 5.73 Å². The maximum Gasteiger partial charge on any atom is 0.391 e. The molecule has 2 atom stereocenters. The second-order valence-corrected chi connectivity index (χ2v) is 5.12. The highest BCUT2D eigenvalue weighted by Crippen LogP contribution is 2.44. The quantitative estimate of drug-likeness (QED) is 0.844. The second kappa shape index (κ2) is 4.48. The lowest BCUT2D eigenvalue weighted by Crippen LogP contribution is -2.28. The molecular formula is C12H18F3N3. The summed E-state index contributed by atoms with van der Waals surface area (Å²) < 4.78 is 39.8. The van der Waals surface area contributed by atoms with E-state index in [1.165, 1.54) is 0 Å². The van der Waals surface area contributed by atoms with Crippen LogP contribution in [0.5, 0.6) is 0 Å². The first kappa shape index (κ1) is 13.2. The summed E-state index contributed by atoms with van der Waals surface area (Å²) in [4.78, 5) is 0. The number of nitrogens with zero attached hydrogens (tertiary/aromatic N) is 2. The third-order valence-electron chi connectivity index (χ3n) is 3.90. The van der Waals surface area contributed by atoms with E-state index in [0.29, 0.717) is 12.2 Å². The maximum atomic E-state index is 12.8. The fourth-order valence-electron chi connectivity index (χ4n) is 2.79. The van der Waals surface area contributed by atoms with E-state index in [4.69, 9.17) is 5.73 Å². The molecule has 1 aromatic heterocycles. The highest BCUT2D eigenvalue weighted by Gasteiger charge is 2.43. The zero-order chi connectivity index (χ0) is 13.5. The Balaban J connectivity index is 2.21. The van der Waals surface area contributed by atoms with Crippen molar-refractivity contribution in [1.29, 1.82) is 0 Å². The Kier molecular flexibility index (Phi) is 3.29. The maximum absolute atomic E-state index is 12.8. The average molecular weight is 261 g/mol. The van der Waals surface area contributed by atoms with Gasteiger partial charge in [0.2, 0.25) is 0 Å². The van der Waals surface area contributed by atoms with Crippen molar-refractivity contribution in [2.75, 3.05) is 5.73 Å². The molecular weight excluding hydrogens is 243 g/mol. The van der Waals surface area contributed by atoms with Gasteiger partial charge in [0.1, 0.15) is 5.82 Å². The summed E-state index contributed by atoms with van der Waals surface area (Å²) in [5, 5.41) is 4.27. The molecule has 1 aliphatic carbocycles. The Morgan fingerprint density at radius 3 is 2.50 bits per heavy atom. The van der Waals surface area contributed by atoms with Crippen LogP contribution in [0.1, 0.15) is 42.9 Å². The Morgan fingerprint density at radius 1 is 1.33 bits per heavy atom. The number of hydrogen-bond donors (Lipinski definition) is 1. The van der Waals surface area contributed by atoms with Crippen molar-refractivity contribution in [2.24, 2.45) is 13.0 Å². The van der Waals surface area contributed by atoms with Crippen molar-refractivity contribution < 1.29 is 13.2 Å². The fourth-order valence-corrected chi connectivity index (χ4v) is 2.79. The van der Waals surface area contributed by atoms with E-state index < -0.39 is 12.1 Å². The summed E-state index contributed by atoms with van der Waals surface area (Å²) in [7, 11) is 1.72. The first-order valence-electron chi connectivity index (χ1n) is 6.16. The van der Waals surface area contributed by atoms with Gasteiger partial charge in [-0.3, -0.25) is 4.68 Å². The van der Waals surface area contributed by atoms with Crippen LogP contribution in [0.3, 0.4) is 0 Å². The molecule has 0 amide bonds. The molecule has 18 heavy (non-hydrogen) atoms. The van der Waals surface area contributed by atoms with Crippen LogP contribution in [-0.4, -0.2) is 16.0 Å². The van der Waals surface area contributed by atoms with E-state index in [9.17, 15) is 13.2 Å². The van der Waals surface area contributed by atoms with Gasteiger partial charge in [0.05, 0.1) is 11.6 Å². The normalized spacial score (nSPS) is 25.4. The fraction of sp³-hybridized carbons (Fsp3) is 0.750. The van der Waals surface area contributed by atoms with Crippen molar-refractivity contribution in [2.45, 2.75) is 44.7 Å². The van der Waals surface area contributed by atoms with Crippen LogP contribution in [0.25, 0.3) is 0 Å². The largest absolute Gasteiger partial charge is 0.391 e. The van der Waals surface area contributed by atoms with Gasteiger partial charge in [-0.05, 0) is 26.2 Å². The lowest BCUT2D eigenvalue weighted by Gasteiger charge is -2.29. The number of halogens is 3. The average Bonchev–Trinajstić information content (AvgIpc) is 2.56. The number of anilines is 1. The third kappa shape index (κ3) is 2.33. The molecule has 102 valence electrons. The molecule has 3 nitrogen and oxygen atoms in total. The van der Waals surface area contributed by atoms with Gasteiger partial charge in [-0.1, -0.05) is 6.42 Å². The van der Waals surface area contributed by atoms with Crippen LogP contribution in [0.15, 0.2) is 0 Å². The molecule has 2 unspecified atom stereocenters. The predicted octanol–water partition coefficient (Wildman–Crippen LogP) is 3.15. The minimum atomic E-state index is -4.09. The Morgan fingerprint density at radius 2 is 2.00 bits per heavy atom. The standard InChI is InChI=1S/C12H18F3N3/c1-7-10(17-18(2)11(7)16)8-4-3-5-9(6-8)12(13,14)15/h8-9H,3-6,16H2,1-2H3. The minimum Gasteiger partial charge on any atom is -0.384 e. The number of hydrogen-bond acceptors (Lipinski definition) is 2. The van der Waals surface area contributed by atoms with Gasteiger partial charge < -0.3 is 5.73 Å². The molecule has 1 aromatic rings. The van der Waals surface area contributed by atoms with Gasteiger partial charge in [-0.15, -0.1) is 0 Å². The predicted molar refractivity (Wildman–Crippen MR) is 63.1 cm³/mol. The SMILES string of the molecule is Cc1c(C2CCCC(C(F)(F)F)C2)nn(C)c1N. The van der Waals surface area contributed by atoms with Crippen LogP contribution in [0, 0.1) is 12.8 Å². The van der Waals surface area contributed by atoms with E-state index in [-0.39, 0.29) is 18.8 Å². The van der Waals surface area contributed by atoms with Crippen LogP contribution >= 0.6 is 0 Å². The lowest BCUT2D eigenvalue weighted by atomic mass is 9.79. The Hall–Kier alpha value is -1.20. The van der Waals surface area contributed by atoms with Gasteiger partial charge in [-0.25, -0.2) is 0 Å². The van der Waals surface area contributed by atoms with Crippen molar-refractivity contribution in [3.05, 3.63) is 11.3 Å². The first-order chi connectivity index (χ1) is 8.30. The molecule has 0 bridgehead atoms. The molecule has 1 fully saturated rings. The number of alkyl halides is 3. The monoisotopic (exact) mass is 261 g/mol. The highest BCUT2D eigenvalue weighted by atomic mass is 19.4. The molecule has 0 aromatic carbocycles. The van der Waals surface area contributed by atoms with Crippen molar-refractivity contribution >= 4 is 5.82 Å². The highest BCUT2D eigenvalue weighted by molar-refractivity contribution is 5.43. The number of rotatable bonds is 1. The Bertz CT molecular complexity index is 437. The van der Waals surface area contributed by atoms with Gasteiger partial charge in [0.25, 0.3) is 0 Å². The summed E-state index contributed by atoms with van der Waals surface area (Å²) in [6, 6.07) is 0. The van der Waals surface area contributed by atoms with Crippen molar-refractivity contribution in [1.82, 2.24) is 9.78 Å². The molecule has 1 heterocycles. The van der Waals surface area contributed by atoms with Gasteiger partial charge in [0, 0.05) is 18.5 Å². The Labute approximate surface area is 104 Å². The van der Waals surface area contributed by atoms with Gasteiger partial charge >= 0.3 is 6.18 Å². The number of aryl methyl sites for hydroxylation is 1. The van der Waals surface area contributed by atoms with E-state index in [0.717, 1.165) is 17.7 Å². The molecule has 6 heteroatoms. The summed E-state index contributed by atoms with van der Waals surface area (Å²) >= 11 is 0. The smallest absolute Gasteiger partial charge is 0.384 e. The van der Waals surface area contributed by atoms with Crippen molar-refractivity contribution in [3.8, 4) is 0 Å². The molecule has 0 spiro atoms. The molecule has 0 aliphatic heterocycles. The van der Waals surface area contributed by atoms with E-state index in [1.807, 2.05) is 6.92 Å². The van der Waals surface area contributed by atoms with Crippen molar-refractivity contribution in [3.63, 3.8) is 0 Å². The number of nitrogen functional groups attached to an aromatic ring is 1. The lowest BCUT2D eigenvalue weighted by molar-refractivity contribution is -0.183. The zero-order valence-electron chi connectivity index (χ0n) is 10.6. The molecule has 2 N–H and O–H groups in total. The van der Waals surface area contributed by atoms with Crippen LogP contribution in [0.2, 0.25) is 0 Å². The van der Waals surface area contributed by atoms with Gasteiger partial charge in [-0.2, -0.15) is 18.3 Å². The number of nitrogens with two attached hydrogens (primary N) is 1. The molecule has 0 radical (unpaired) electrons. The molecule has 0 saturated heterocycles. The topological polar surface area (TPSA) is 43.8 Å². The summed E-state index contributed by atoms with van der Waals surface area (Å²) in [6.45, 7) is 1.83.